The van der Waals surface area contributed by atoms with Crippen LogP contribution in [0.4, 0.5) is 0 Å². The Morgan fingerprint density at radius 1 is 0.304 bits per heavy atom. The minimum Gasteiger partial charge on any atom is -0.307 e. The van der Waals surface area contributed by atoms with Gasteiger partial charge in [0, 0.05) is 44.4 Å². The summed E-state index contributed by atoms with van der Waals surface area (Å²) in [7, 11) is 0. The van der Waals surface area contributed by atoms with Crippen LogP contribution in [-0.2, 0) is 0 Å². The molecule has 3 heterocycles. The summed E-state index contributed by atoms with van der Waals surface area (Å²) in [5.41, 5.74) is 13.1. The molecular formula is C52H34N4. The van der Waals surface area contributed by atoms with Gasteiger partial charge in [-0.1, -0.05) is 170 Å². The van der Waals surface area contributed by atoms with Gasteiger partial charge in [-0.15, -0.1) is 0 Å². The fourth-order valence-electron chi connectivity index (χ4n) is 8.36. The zero-order chi connectivity index (χ0) is 37.0. The van der Waals surface area contributed by atoms with E-state index >= 15 is 0 Å². The van der Waals surface area contributed by atoms with Crippen molar-refractivity contribution in [2.24, 2.45) is 0 Å². The van der Waals surface area contributed by atoms with E-state index in [2.05, 4.69) is 191 Å². The minimum atomic E-state index is 0.684. The second kappa shape index (κ2) is 13.1. The molecule has 0 atom stereocenters. The molecule has 0 aliphatic carbocycles. The lowest BCUT2D eigenvalue weighted by molar-refractivity contribution is 1.05. The van der Waals surface area contributed by atoms with E-state index in [-0.39, 0.29) is 0 Å². The Hall–Kier alpha value is -7.56. The van der Waals surface area contributed by atoms with E-state index in [4.69, 9.17) is 9.97 Å². The van der Waals surface area contributed by atoms with E-state index in [0.717, 1.165) is 61.5 Å². The molecule has 4 nitrogen and oxygen atoms in total. The van der Waals surface area contributed by atoms with E-state index in [1.54, 1.807) is 0 Å². The van der Waals surface area contributed by atoms with Crippen molar-refractivity contribution in [3.05, 3.63) is 206 Å². The maximum atomic E-state index is 5.39. The summed E-state index contributed by atoms with van der Waals surface area (Å²) in [6, 6.07) is 73.3. The highest BCUT2D eigenvalue weighted by molar-refractivity contribution is 6.23. The summed E-state index contributed by atoms with van der Waals surface area (Å²) in [5.74, 6) is 1.50. The standard InChI is InChI=1S/C52H34N4/c1-5-17-35(18-6-1)39-31-40(36-19-7-2-8-20-36)33-41(32-39)55-47-27-15-13-25-42(47)44-29-30-45-43-26-14-16-28-48(43)56(51(45)50(44)55)49-34-46(37-21-9-3-10-22-37)53-52(54-49)38-23-11-4-12-24-38/h1-34H. The number of rotatable bonds is 6. The lowest BCUT2D eigenvalue weighted by Crippen LogP contribution is -2.04. The van der Waals surface area contributed by atoms with Crippen molar-refractivity contribution in [3.8, 4) is 56.4 Å². The van der Waals surface area contributed by atoms with Crippen molar-refractivity contribution in [2.75, 3.05) is 0 Å². The van der Waals surface area contributed by atoms with Crippen molar-refractivity contribution in [2.45, 2.75) is 0 Å². The van der Waals surface area contributed by atoms with Gasteiger partial charge >= 0.3 is 0 Å². The highest BCUT2D eigenvalue weighted by Crippen LogP contribution is 2.43. The van der Waals surface area contributed by atoms with E-state index in [9.17, 15) is 0 Å². The summed E-state index contributed by atoms with van der Waals surface area (Å²) in [6.07, 6.45) is 0. The quantitative estimate of drug-likeness (QED) is 0.172. The van der Waals surface area contributed by atoms with Crippen molar-refractivity contribution in [1.29, 1.82) is 0 Å². The largest absolute Gasteiger partial charge is 0.307 e. The Morgan fingerprint density at radius 3 is 1.30 bits per heavy atom. The molecule has 0 saturated carbocycles. The number of hydrogen-bond donors (Lipinski definition) is 0. The lowest BCUT2D eigenvalue weighted by atomic mass is 9.98. The fourth-order valence-corrected chi connectivity index (χ4v) is 8.36. The van der Waals surface area contributed by atoms with E-state index in [0.29, 0.717) is 5.82 Å². The SMILES string of the molecule is c1ccc(-c2cc(-c3ccccc3)cc(-n3c4ccccc4c4ccc5c6ccccc6n(-c6cc(-c7ccccc7)nc(-c7ccccc7)n6)c5c43)c2)cc1. The minimum absolute atomic E-state index is 0.684. The Balaban J connectivity index is 1.29. The zero-order valence-electron chi connectivity index (χ0n) is 30.4. The van der Waals surface area contributed by atoms with E-state index < -0.39 is 0 Å². The Bertz CT molecular complexity index is 2880. The molecule has 0 fully saturated rings. The number of fused-ring (bicyclic) bond motifs is 7. The molecule has 11 rings (SSSR count). The molecule has 8 aromatic carbocycles. The average molecular weight is 715 g/mol. The smallest absolute Gasteiger partial charge is 0.162 e. The zero-order valence-corrected chi connectivity index (χ0v) is 30.4. The summed E-state index contributed by atoms with van der Waals surface area (Å²) in [5, 5.41) is 4.72. The first kappa shape index (κ1) is 31.9. The highest BCUT2D eigenvalue weighted by atomic mass is 15.1. The molecule has 0 spiro atoms. The number of benzene rings is 8. The maximum Gasteiger partial charge on any atom is 0.162 e. The first-order chi connectivity index (χ1) is 27.8. The summed E-state index contributed by atoms with van der Waals surface area (Å²) < 4.78 is 4.83. The van der Waals surface area contributed by atoms with Crippen LogP contribution >= 0.6 is 0 Å². The van der Waals surface area contributed by atoms with E-state index in [1.165, 1.54) is 32.7 Å². The molecule has 11 aromatic rings. The third-order valence-electron chi connectivity index (χ3n) is 10.9. The van der Waals surface area contributed by atoms with Gasteiger partial charge in [-0.3, -0.25) is 4.57 Å². The van der Waals surface area contributed by atoms with Gasteiger partial charge in [0.2, 0.25) is 0 Å². The van der Waals surface area contributed by atoms with Crippen molar-refractivity contribution in [3.63, 3.8) is 0 Å². The molecule has 3 aromatic heterocycles. The second-order valence-corrected chi connectivity index (χ2v) is 14.2. The molecule has 0 bridgehead atoms. The van der Waals surface area contributed by atoms with Gasteiger partial charge in [-0.05, 0) is 52.6 Å². The van der Waals surface area contributed by atoms with Gasteiger partial charge in [0.1, 0.15) is 5.82 Å². The molecule has 0 amide bonds. The fraction of sp³-hybridized carbons (Fsp3) is 0. The van der Waals surface area contributed by atoms with Crippen LogP contribution < -0.4 is 0 Å². The third kappa shape index (κ3) is 5.23. The normalized spacial score (nSPS) is 11.6. The molecule has 0 aliphatic rings. The molecular weight excluding hydrogens is 681 g/mol. The van der Waals surface area contributed by atoms with E-state index in [1.807, 2.05) is 24.3 Å². The van der Waals surface area contributed by atoms with Crippen LogP contribution in [0.25, 0.3) is 100 Å². The van der Waals surface area contributed by atoms with Crippen LogP contribution in [0.2, 0.25) is 0 Å². The van der Waals surface area contributed by atoms with Crippen molar-refractivity contribution >= 4 is 43.6 Å². The first-order valence-electron chi connectivity index (χ1n) is 19.0. The van der Waals surface area contributed by atoms with Crippen molar-refractivity contribution < 1.29 is 0 Å². The second-order valence-electron chi connectivity index (χ2n) is 14.2. The van der Waals surface area contributed by atoms with Crippen LogP contribution in [0.15, 0.2) is 206 Å². The monoisotopic (exact) mass is 714 g/mol. The van der Waals surface area contributed by atoms with Gasteiger partial charge in [-0.2, -0.15) is 0 Å². The molecule has 4 heteroatoms. The van der Waals surface area contributed by atoms with Crippen LogP contribution in [-0.4, -0.2) is 19.1 Å². The van der Waals surface area contributed by atoms with Gasteiger partial charge in [0.25, 0.3) is 0 Å². The summed E-state index contributed by atoms with van der Waals surface area (Å²) in [6.45, 7) is 0. The van der Waals surface area contributed by atoms with Gasteiger partial charge in [0.05, 0.1) is 27.8 Å². The van der Waals surface area contributed by atoms with Crippen LogP contribution in [0.5, 0.6) is 0 Å². The maximum absolute atomic E-state index is 5.39. The molecule has 56 heavy (non-hydrogen) atoms. The van der Waals surface area contributed by atoms with Crippen LogP contribution in [0.1, 0.15) is 0 Å². The highest BCUT2D eigenvalue weighted by Gasteiger charge is 2.23. The Kier molecular flexibility index (Phi) is 7.46. The summed E-state index contributed by atoms with van der Waals surface area (Å²) in [4.78, 5) is 10.5. The molecule has 0 unspecified atom stereocenters. The number of aromatic nitrogens is 4. The van der Waals surface area contributed by atoms with Crippen molar-refractivity contribution in [1.82, 2.24) is 19.1 Å². The number of nitrogens with zero attached hydrogens (tertiary/aromatic N) is 4. The first-order valence-corrected chi connectivity index (χ1v) is 19.0. The Labute approximate surface area is 324 Å². The van der Waals surface area contributed by atoms with Gasteiger partial charge in [-0.25, -0.2) is 9.97 Å². The molecule has 0 radical (unpaired) electrons. The van der Waals surface area contributed by atoms with Gasteiger partial charge < -0.3 is 4.57 Å². The summed E-state index contributed by atoms with van der Waals surface area (Å²) >= 11 is 0. The molecule has 0 aliphatic heterocycles. The third-order valence-corrected chi connectivity index (χ3v) is 10.9. The lowest BCUT2D eigenvalue weighted by Gasteiger charge is -2.16. The van der Waals surface area contributed by atoms with Gasteiger partial charge in [0.15, 0.2) is 5.82 Å². The molecule has 262 valence electrons. The van der Waals surface area contributed by atoms with Crippen LogP contribution in [0, 0.1) is 0 Å². The number of hydrogen-bond acceptors (Lipinski definition) is 2. The average Bonchev–Trinajstić information content (AvgIpc) is 3.81. The predicted molar refractivity (Wildman–Crippen MR) is 232 cm³/mol. The predicted octanol–water partition coefficient (Wildman–Crippen LogP) is 13.3. The number of para-hydroxylation sites is 2. The molecule has 0 saturated heterocycles. The molecule has 0 N–H and O–H groups in total. The Morgan fingerprint density at radius 2 is 0.750 bits per heavy atom. The van der Waals surface area contributed by atoms with Crippen LogP contribution in [0.3, 0.4) is 0 Å². The topological polar surface area (TPSA) is 35.6 Å².